The van der Waals surface area contributed by atoms with Gasteiger partial charge in [-0.2, -0.15) is 0 Å². The smallest absolute Gasteiger partial charge is 0.409 e. The molecule has 0 saturated carbocycles. The number of benzene rings is 1. The molecule has 0 radical (unpaired) electrons. The van der Waals surface area contributed by atoms with Crippen LogP contribution in [-0.4, -0.2) is 23.9 Å². The zero-order valence-electron chi connectivity index (χ0n) is 9.34. The van der Waals surface area contributed by atoms with Gasteiger partial charge in [0.15, 0.2) is 0 Å². The molecular formula is C11H14N2O4. The average molecular weight is 238 g/mol. The summed E-state index contributed by atoms with van der Waals surface area (Å²) in [5, 5.41) is 13.3. The Morgan fingerprint density at radius 1 is 1.29 bits per heavy atom. The van der Waals surface area contributed by atoms with Gasteiger partial charge < -0.3 is 9.84 Å². The van der Waals surface area contributed by atoms with Crippen molar-refractivity contribution in [3.8, 4) is 0 Å². The van der Waals surface area contributed by atoms with Crippen molar-refractivity contribution in [3.05, 3.63) is 35.9 Å². The maximum atomic E-state index is 11.2. The monoisotopic (exact) mass is 238 g/mol. The fourth-order valence-electron chi connectivity index (χ4n) is 1.26. The summed E-state index contributed by atoms with van der Waals surface area (Å²) in [6.45, 7) is 1.89. The third-order valence-electron chi connectivity index (χ3n) is 1.94. The summed E-state index contributed by atoms with van der Waals surface area (Å²) in [6.07, 6.45) is -2.72. The minimum atomic E-state index is -1.23. The van der Waals surface area contributed by atoms with E-state index >= 15 is 0 Å². The van der Waals surface area contributed by atoms with Gasteiger partial charge in [0.05, 0.1) is 6.61 Å². The first kappa shape index (κ1) is 12.8. The Labute approximate surface area is 98.6 Å². The predicted octanol–water partition coefficient (Wildman–Crippen LogP) is 1.70. The van der Waals surface area contributed by atoms with Crippen LogP contribution in [0.5, 0.6) is 0 Å². The normalized spacial score (nSPS) is 11.4. The van der Waals surface area contributed by atoms with Crippen LogP contribution in [0.4, 0.5) is 9.59 Å². The van der Waals surface area contributed by atoms with Gasteiger partial charge in [-0.3, -0.25) is 10.6 Å². The molecule has 0 fully saturated rings. The minimum Gasteiger partial charge on any atom is -0.465 e. The highest BCUT2D eigenvalue weighted by molar-refractivity contribution is 5.70. The second kappa shape index (κ2) is 6.37. The highest BCUT2D eigenvalue weighted by Gasteiger charge is 2.16. The third kappa shape index (κ3) is 4.42. The number of hydrogen-bond acceptors (Lipinski definition) is 3. The fourth-order valence-corrected chi connectivity index (χ4v) is 1.26. The van der Waals surface area contributed by atoms with Gasteiger partial charge in [-0.25, -0.2) is 9.59 Å². The van der Waals surface area contributed by atoms with Gasteiger partial charge in [0.25, 0.3) is 0 Å². The summed E-state index contributed by atoms with van der Waals surface area (Å²) in [5.41, 5.74) is 0.628. The molecule has 0 bridgehead atoms. The molecule has 2 amide bonds. The number of carbonyl (C=O) groups excluding carboxylic acids is 1. The molecule has 1 aromatic carbocycles. The average Bonchev–Trinajstić information content (AvgIpc) is 2.29. The molecule has 0 aromatic heterocycles. The first-order valence-corrected chi connectivity index (χ1v) is 5.11. The summed E-state index contributed by atoms with van der Waals surface area (Å²) in [7, 11) is 0. The van der Waals surface area contributed by atoms with Crippen LogP contribution in [0.2, 0.25) is 0 Å². The number of amides is 2. The molecule has 0 saturated heterocycles. The van der Waals surface area contributed by atoms with Crippen molar-refractivity contribution in [2.24, 2.45) is 0 Å². The molecule has 0 aliphatic rings. The summed E-state index contributed by atoms with van der Waals surface area (Å²) < 4.78 is 4.69. The van der Waals surface area contributed by atoms with Crippen LogP contribution in [0.25, 0.3) is 0 Å². The number of rotatable bonds is 4. The summed E-state index contributed by atoms with van der Waals surface area (Å²) in [4.78, 5) is 21.9. The molecule has 92 valence electrons. The summed E-state index contributed by atoms with van der Waals surface area (Å²) in [6, 6.07) is 8.70. The quantitative estimate of drug-likeness (QED) is 0.696. The van der Waals surface area contributed by atoms with E-state index in [4.69, 9.17) is 9.84 Å². The van der Waals surface area contributed by atoms with E-state index < -0.39 is 18.4 Å². The maximum Gasteiger partial charge on any atom is 0.409 e. The molecule has 6 nitrogen and oxygen atoms in total. The van der Waals surface area contributed by atoms with E-state index in [1.54, 1.807) is 37.3 Å². The maximum absolute atomic E-state index is 11.2. The van der Waals surface area contributed by atoms with E-state index in [-0.39, 0.29) is 6.61 Å². The van der Waals surface area contributed by atoms with Crippen LogP contribution < -0.4 is 10.6 Å². The van der Waals surface area contributed by atoms with Gasteiger partial charge in [0.2, 0.25) is 0 Å². The Kier molecular flexibility index (Phi) is 4.80. The minimum absolute atomic E-state index is 0.223. The third-order valence-corrected chi connectivity index (χ3v) is 1.94. The molecular weight excluding hydrogens is 224 g/mol. The molecule has 6 heteroatoms. The van der Waals surface area contributed by atoms with Gasteiger partial charge in [0.1, 0.15) is 6.17 Å². The van der Waals surface area contributed by atoms with E-state index in [1.165, 1.54) is 0 Å². The van der Waals surface area contributed by atoms with Crippen molar-refractivity contribution in [2.45, 2.75) is 13.1 Å². The number of hydrogen-bond donors (Lipinski definition) is 3. The molecule has 1 unspecified atom stereocenters. The van der Waals surface area contributed by atoms with Crippen molar-refractivity contribution in [3.63, 3.8) is 0 Å². The molecule has 1 aromatic rings. The molecule has 0 spiro atoms. The van der Waals surface area contributed by atoms with Crippen molar-refractivity contribution in [1.29, 1.82) is 0 Å². The van der Waals surface area contributed by atoms with Gasteiger partial charge >= 0.3 is 12.2 Å². The van der Waals surface area contributed by atoms with Gasteiger partial charge in [-0.1, -0.05) is 30.3 Å². The van der Waals surface area contributed by atoms with Crippen LogP contribution in [0.3, 0.4) is 0 Å². The first-order chi connectivity index (χ1) is 8.13. The standard InChI is InChI=1S/C11H14N2O4/c1-2-17-11(16)13-9(12-10(14)15)8-6-4-3-5-7-8/h3-7,9,12H,2H2,1H3,(H,13,16)(H,14,15). The number of nitrogens with one attached hydrogen (secondary N) is 2. The van der Waals surface area contributed by atoms with E-state index in [0.29, 0.717) is 5.56 Å². The Morgan fingerprint density at radius 3 is 2.47 bits per heavy atom. The highest BCUT2D eigenvalue weighted by atomic mass is 16.5. The zero-order valence-corrected chi connectivity index (χ0v) is 9.34. The summed E-state index contributed by atoms with van der Waals surface area (Å²) in [5.74, 6) is 0. The van der Waals surface area contributed by atoms with Crippen LogP contribution >= 0.6 is 0 Å². The lowest BCUT2D eigenvalue weighted by molar-refractivity contribution is 0.144. The Balaban J connectivity index is 2.74. The lowest BCUT2D eigenvalue weighted by Gasteiger charge is -2.18. The number of carboxylic acid groups (broad SMARTS) is 1. The molecule has 17 heavy (non-hydrogen) atoms. The van der Waals surface area contributed by atoms with E-state index in [1.807, 2.05) is 0 Å². The van der Waals surface area contributed by atoms with Gasteiger partial charge in [-0.15, -0.1) is 0 Å². The van der Waals surface area contributed by atoms with Crippen molar-refractivity contribution >= 4 is 12.2 Å². The Bertz CT molecular complexity index is 380. The second-order valence-corrected chi connectivity index (χ2v) is 3.16. The van der Waals surface area contributed by atoms with Crippen molar-refractivity contribution in [1.82, 2.24) is 10.6 Å². The Morgan fingerprint density at radius 2 is 1.94 bits per heavy atom. The topological polar surface area (TPSA) is 87.7 Å². The number of alkyl carbamates (subject to hydrolysis) is 1. The largest absolute Gasteiger partial charge is 0.465 e. The van der Waals surface area contributed by atoms with Crippen molar-refractivity contribution < 1.29 is 19.4 Å². The van der Waals surface area contributed by atoms with Gasteiger partial charge in [0, 0.05) is 0 Å². The fraction of sp³-hybridized carbons (Fsp3) is 0.273. The first-order valence-electron chi connectivity index (χ1n) is 5.11. The van der Waals surface area contributed by atoms with Crippen molar-refractivity contribution in [2.75, 3.05) is 6.61 Å². The number of carbonyl (C=O) groups is 2. The SMILES string of the molecule is CCOC(=O)NC(NC(=O)O)c1ccccc1. The molecule has 3 N–H and O–H groups in total. The van der Waals surface area contributed by atoms with E-state index in [2.05, 4.69) is 10.6 Å². The van der Waals surface area contributed by atoms with E-state index in [0.717, 1.165) is 0 Å². The molecule has 0 aliphatic carbocycles. The van der Waals surface area contributed by atoms with Crippen LogP contribution in [-0.2, 0) is 4.74 Å². The molecule has 0 aliphatic heterocycles. The predicted molar refractivity (Wildman–Crippen MR) is 60.5 cm³/mol. The van der Waals surface area contributed by atoms with E-state index in [9.17, 15) is 9.59 Å². The Hall–Kier alpha value is -2.24. The van der Waals surface area contributed by atoms with Gasteiger partial charge in [-0.05, 0) is 12.5 Å². The number of ether oxygens (including phenoxy) is 1. The lowest BCUT2D eigenvalue weighted by atomic mass is 10.2. The van der Waals surface area contributed by atoms with Crippen LogP contribution in [0, 0.1) is 0 Å². The molecule has 1 rings (SSSR count). The summed E-state index contributed by atoms with van der Waals surface area (Å²) >= 11 is 0. The lowest BCUT2D eigenvalue weighted by Crippen LogP contribution is -2.40. The zero-order chi connectivity index (χ0) is 12.7. The molecule has 1 atom stereocenters. The molecule has 0 heterocycles. The highest BCUT2D eigenvalue weighted by Crippen LogP contribution is 2.09. The second-order valence-electron chi connectivity index (χ2n) is 3.16. The van der Waals surface area contributed by atoms with Crippen LogP contribution in [0.15, 0.2) is 30.3 Å². The van der Waals surface area contributed by atoms with Crippen LogP contribution in [0.1, 0.15) is 18.7 Å².